The van der Waals surface area contributed by atoms with Crippen LogP contribution >= 0.6 is 11.3 Å². The molecule has 0 aliphatic rings. The normalized spacial score (nSPS) is 11.9. The maximum atomic E-state index is 12.4. The molecule has 100 valence electrons. The number of hydrogen-bond donors (Lipinski definition) is 1. The molecule has 19 heavy (non-hydrogen) atoms. The molecule has 1 unspecified atom stereocenters. The molecule has 0 aliphatic heterocycles. The first-order valence-corrected chi connectivity index (χ1v) is 6.96. The second-order valence-corrected chi connectivity index (χ2v) is 5.27. The molecular formula is C14H17N3OS. The molecule has 4 nitrogen and oxygen atoms in total. The highest BCUT2D eigenvalue weighted by molar-refractivity contribution is 7.10. The average Bonchev–Trinajstić information content (AvgIpc) is 2.99. The Balaban J connectivity index is 2.14. The van der Waals surface area contributed by atoms with Crippen molar-refractivity contribution in [2.45, 2.75) is 13.0 Å². The minimum atomic E-state index is -0.0175. The number of hydrogen-bond acceptors (Lipinski definition) is 4. The Labute approximate surface area is 117 Å². The summed E-state index contributed by atoms with van der Waals surface area (Å²) in [5.74, 6) is 0.738. The summed E-state index contributed by atoms with van der Waals surface area (Å²) >= 11 is 1.66. The monoisotopic (exact) mass is 275 g/mol. The highest BCUT2D eigenvalue weighted by atomic mass is 32.1. The summed E-state index contributed by atoms with van der Waals surface area (Å²) in [4.78, 5) is 19.4. The number of nitrogens with one attached hydrogen (secondary N) is 1. The standard InChI is InChI=1S/C14H17N3OS/c1-10(12-5-4-8-19-12)17(3)14(18)11-6-7-13(15-2)16-9-11/h4-10H,1-3H3,(H,15,16). The third-order valence-electron chi connectivity index (χ3n) is 3.12. The van der Waals surface area contributed by atoms with Gasteiger partial charge in [0.25, 0.3) is 5.91 Å². The van der Waals surface area contributed by atoms with Gasteiger partial charge >= 0.3 is 0 Å². The van der Waals surface area contributed by atoms with Gasteiger partial charge in [0.2, 0.25) is 0 Å². The Morgan fingerprint density at radius 3 is 2.74 bits per heavy atom. The smallest absolute Gasteiger partial charge is 0.255 e. The largest absolute Gasteiger partial charge is 0.373 e. The number of carbonyl (C=O) groups excluding carboxylic acids is 1. The zero-order valence-electron chi connectivity index (χ0n) is 11.3. The molecule has 1 amide bonds. The first-order chi connectivity index (χ1) is 9.13. The summed E-state index contributed by atoms with van der Waals surface area (Å²) in [6.45, 7) is 2.03. The van der Waals surface area contributed by atoms with Gasteiger partial charge in [-0.05, 0) is 30.5 Å². The third-order valence-corrected chi connectivity index (χ3v) is 4.17. The van der Waals surface area contributed by atoms with Crippen molar-refractivity contribution < 1.29 is 4.79 Å². The van der Waals surface area contributed by atoms with E-state index in [0.717, 1.165) is 5.82 Å². The molecule has 0 aliphatic carbocycles. The van der Waals surface area contributed by atoms with Gasteiger partial charge in [0, 0.05) is 25.2 Å². The lowest BCUT2D eigenvalue weighted by molar-refractivity contribution is 0.0744. The fraction of sp³-hybridized carbons (Fsp3) is 0.286. The molecule has 0 spiro atoms. The summed E-state index contributed by atoms with van der Waals surface area (Å²) in [5.41, 5.74) is 0.602. The number of amides is 1. The summed E-state index contributed by atoms with van der Waals surface area (Å²) in [7, 11) is 3.62. The van der Waals surface area contributed by atoms with Crippen LogP contribution in [0.4, 0.5) is 5.82 Å². The highest BCUT2D eigenvalue weighted by Crippen LogP contribution is 2.24. The zero-order valence-corrected chi connectivity index (χ0v) is 12.1. The lowest BCUT2D eigenvalue weighted by Crippen LogP contribution is -2.29. The Morgan fingerprint density at radius 2 is 2.21 bits per heavy atom. The van der Waals surface area contributed by atoms with Gasteiger partial charge in [-0.3, -0.25) is 4.79 Å². The first kappa shape index (κ1) is 13.5. The molecule has 0 radical (unpaired) electrons. The van der Waals surface area contributed by atoms with E-state index in [1.807, 2.05) is 31.5 Å². The predicted molar refractivity (Wildman–Crippen MR) is 78.6 cm³/mol. The molecular weight excluding hydrogens is 258 g/mol. The van der Waals surface area contributed by atoms with Gasteiger partial charge in [-0.15, -0.1) is 11.3 Å². The molecule has 0 aromatic carbocycles. The number of carbonyl (C=O) groups is 1. The fourth-order valence-electron chi connectivity index (χ4n) is 1.77. The van der Waals surface area contributed by atoms with Gasteiger partial charge in [-0.1, -0.05) is 6.07 Å². The van der Waals surface area contributed by atoms with Crippen LogP contribution in [0.2, 0.25) is 0 Å². The number of pyridine rings is 1. The maximum absolute atomic E-state index is 12.4. The SMILES string of the molecule is CNc1ccc(C(=O)N(C)C(C)c2cccs2)cn1. The lowest BCUT2D eigenvalue weighted by atomic mass is 10.2. The highest BCUT2D eigenvalue weighted by Gasteiger charge is 2.19. The fourth-order valence-corrected chi connectivity index (χ4v) is 2.59. The van der Waals surface area contributed by atoms with Crippen molar-refractivity contribution in [2.24, 2.45) is 0 Å². The van der Waals surface area contributed by atoms with Gasteiger partial charge in [-0.25, -0.2) is 4.98 Å². The van der Waals surface area contributed by atoms with Crippen molar-refractivity contribution in [3.63, 3.8) is 0 Å². The van der Waals surface area contributed by atoms with E-state index < -0.39 is 0 Å². The second-order valence-electron chi connectivity index (χ2n) is 4.29. The van der Waals surface area contributed by atoms with Crippen molar-refractivity contribution in [1.82, 2.24) is 9.88 Å². The molecule has 0 bridgehead atoms. The van der Waals surface area contributed by atoms with Gasteiger partial charge in [-0.2, -0.15) is 0 Å². The molecule has 2 aromatic rings. The summed E-state index contributed by atoms with van der Waals surface area (Å²) < 4.78 is 0. The topological polar surface area (TPSA) is 45.2 Å². The Morgan fingerprint density at radius 1 is 1.42 bits per heavy atom. The number of aromatic nitrogens is 1. The van der Waals surface area contributed by atoms with Crippen LogP contribution in [0.3, 0.4) is 0 Å². The van der Waals surface area contributed by atoms with Crippen molar-refractivity contribution in [3.8, 4) is 0 Å². The van der Waals surface area contributed by atoms with Gasteiger partial charge < -0.3 is 10.2 Å². The Hall–Kier alpha value is -1.88. The molecule has 1 N–H and O–H groups in total. The van der Waals surface area contributed by atoms with Crippen molar-refractivity contribution in [1.29, 1.82) is 0 Å². The molecule has 0 fully saturated rings. The van der Waals surface area contributed by atoms with Crippen LogP contribution in [0.15, 0.2) is 35.8 Å². The lowest BCUT2D eigenvalue weighted by Gasteiger charge is -2.24. The zero-order chi connectivity index (χ0) is 13.8. The minimum Gasteiger partial charge on any atom is -0.373 e. The molecule has 2 heterocycles. The van der Waals surface area contributed by atoms with Crippen molar-refractivity contribution in [2.75, 3.05) is 19.4 Å². The third kappa shape index (κ3) is 2.93. The average molecular weight is 275 g/mol. The van der Waals surface area contributed by atoms with E-state index >= 15 is 0 Å². The Kier molecular flexibility index (Phi) is 4.16. The van der Waals surface area contributed by atoms with Crippen LogP contribution in [-0.4, -0.2) is 29.9 Å². The van der Waals surface area contributed by atoms with Crippen molar-refractivity contribution in [3.05, 3.63) is 46.3 Å². The second kappa shape index (κ2) is 5.84. The van der Waals surface area contributed by atoms with E-state index in [0.29, 0.717) is 5.56 Å². The molecule has 2 aromatic heterocycles. The van der Waals surface area contributed by atoms with Crippen LogP contribution in [0, 0.1) is 0 Å². The summed E-state index contributed by atoms with van der Waals surface area (Å²) in [6.07, 6.45) is 1.60. The quantitative estimate of drug-likeness (QED) is 0.933. The number of anilines is 1. The van der Waals surface area contributed by atoms with Gasteiger partial charge in [0.1, 0.15) is 5.82 Å². The minimum absolute atomic E-state index is 0.0175. The number of thiophene rings is 1. The van der Waals surface area contributed by atoms with Crippen molar-refractivity contribution >= 4 is 23.1 Å². The number of nitrogens with zero attached hydrogens (tertiary/aromatic N) is 2. The molecule has 2 rings (SSSR count). The van der Waals surface area contributed by atoms with Crippen LogP contribution in [0.1, 0.15) is 28.2 Å². The van der Waals surface area contributed by atoms with E-state index in [9.17, 15) is 4.79 Å². The van der Waals surface area contributed by atoms with E-state index in [1.165, 1.54) is 4.88 Å². The summed E-state index contributed by atoms with van der Waals surface area (Å²) in [6, 6.07) is 7.70. The van der Waals surface area contributed by atoms with Crippen LogP contribution in [0.5, 0.6) is 0 Å². The van der Waals surface area contributed by atoms with E-state index in [-0.39, 0.29) is 11.9 Å². The molecule has 0 saturated carbocycles. The number of rotatable bonds is 4. The van der Waals surface area contributed by atoms with Crippen LogP contribution in [-0.2, 0) is 0 Å². The molecule has 1 atom stereocenters. The van der Waals surface area contributed by atoms with Crippen LogP contribution < -0.4 is 5.32 Å². The van der Waals surface area contributed by atoms with Gasteiger partial charge in [0.15, 0.2) is 0 Å². The first-order valence-electron chi connectivity index (χ1n) is 6.08. The van der Waals surface area contributed by atoms with E-state index in [2.05, 4.69) is 10.3 Å². The van der Waals surface area contributed by atoms with Crippen LogP contribution in [0.25, 0.3) is 0 Å². The Bertz CT molecular complexity index is 536. The predicted octanol–water partition coefficient (Wildman–Crippen LogP) is 3.02. The molecule has 5 heteroatoms. The van der Waals surface area contributed by atoms with E-state index in [4.69, 9.17) is 0 Å². The molecule has 0 saturated heterocycles. The summed E-state index contributed by atoms with van der Waals surface area (Å²) in [5, 5.41) is 4.95. The van der Waals surface area contributed by atoms with Gasteiger partial charge in [0.05, 0.1) is 11.6 Å². The maximum Gasteiger partial charge on any atom is 0.255 e. The van der Waals surface area contributed by atoms with E-state index in [1.54, 1.807) is 41.6 Å².